The molecule has 1 aromatic carbocycles. The fraction of sp³-hybridized carbons (Fsp3) is 0.421. The molecule has 3 rings (SSSR count). The molecule has 1 aromatic heterocycles. The van der Waals surface area contributed by atoms with Gasteiger partial charge in [0.2, 0.25) is 0 Å². The lowest BCUT2D eigenvalue weighted by atomic mass is 9.89. The fourth-order valence-electron chi connectivity index (χ4n) is 3.55. The molecule has 0 aliphatic carbocycles. The Morgan fingerprint density at radius 3 is 2.31 bits per heavy atom. The highest BCUT2D eigenvalue weighted by molar-refractivity contribution is 6.01. The average Bonchev–Trinajstić information content (AvgIpc) is 2.66. The van der Waals surface area contributed by atoms with Crippen LogP contribution < -0.4 is 17.0 Å². The highest BCUT2D eigenvalue weighted by atomic mass is 16.2. The molecule has 7 heteroatoms. The first kappa shape index (κ1) is 18.1. The molecule has 0 spiro atoms. The minimum absolute atomic E-state index is 0.0673. The molecule has 26 heavy (non-hydrogen) atoms. The van der Waals surface area contributed by atoms with Gasteiger partial charge in [-0.15, -0.1) is 0 Å². The summed E-state index contributed by atoms with van der Waals surface area (Å²) in [7, 11) is 2.81. The zero-order valence-corrected chi connectivity index (χ0v) is 15.1. The van der Waals surface area contributed by atoms with Crippen LogP contribution in [0.4, 0.5) is 5.82 Å². The van der Waals surface area contributed by atoms with Gasteiger partial charge in [0.25, 0.3) is 5.56 Å². The minimum Gasteiger partial charge on any atom is -0.384 e. The predicted molar refractivity (Wildman–Crippen MR) is 101 cm³/mol. The fourth-order valence-corrected chi connectivity index (χ4v) is 3.55. The maximum atomic E-state index is 12.7. The van der Waals surface area contributed by atoms with Gasteiger partial charge in [0.15, 0.2) is 5.78 Å². The Morgan fingerprint density at radius 1 is 1.08 bits per heavy atom. The second-order valence-corrected chi connectivity index (χ2v) is 6.85. The number of nitrogen functional groups attached to an aromatic ring is 1. The van der Waals surface area contributed by atoms with Gasteiger partial charge < -0.3 is 5.73 Å². The number of rotatable bonds is 4. The number of Topliss-reactive ketones (excluding diaryl/α,β-unsaturated/α-hetero) is 1. The zero-order valence-electron chi connectivity index (χ0n) is 15.1. The van der Waals surface area contributed by atoms with Gasteiger partial charge >= 0.3 is 5.69 Å². The molecule has 0 atom stereocenters. The van der Waals surface area contributed by atoms with Crippen molar-refractivity contribution in [3.05, 3.63) is 62.3 Å². The molecular weight excluding hydrogens is 332 g/mol. The number of hydrogen-bond donors (Lipinski definition) is 1. The van der Waals surface area contributed by atoms with Gasteiger partial charge in [-0.25, -0.2) is 4.79 Å². The summed E-state index contributed by atoms with van der Waals surface area (Å²) >= 11 is 0. The van der Waals surface area contributed by atoms with E-state index in [1.54, 1.807) is 0 Å². The number of likely N-dealkylation sites (tertiary alicyclic amines) is 1. The Balaban J connectivity index is 1.71. The van der Waals surface area contributed by atoms with Crippen molar-refractivity contribution in [3.8, 4) is 0 Å². The molecule has 2 N–H and O–H groups in total. The topological polar surface area (TPSA) is 90.3 Å². The molecule has 2 aromatic rings. The van der Waals surface area contributed by atoms with E-state index in [0.29, 0.717) is 5.92 Å². The smallest absolute Gasteiger partial charge is 0.332 e. The van der Waals surface area contributed by atoms with Crippen molar-refractivity contribution in [3.63, 3.8) is 0 Å². The molecule has 1 aliphatic rings. The normalized spacial score (nSPS) is 15.9. The first-order chi connectivity index (χ1) is 12.4. The average molecular weight is 356 g/mol. The van der Waals surface area contributed by atoms with Crippen molar-refractivity contribution in [2.75, 3.05) is 25.4 Å². The van der Waals surface area contributed by atoms with Gasteiger partial charge in [-0.2, -0.15) is 0 Å². The molecule has 0 bridgehead atoms. The molecular formula is C19H24N4O3. The number of carbonyl (C=O) groups excluding carboxylic acids is 1. The zero-order chi connectivity index (χ0) is 18.8. The third-order valence-electron chi connectivity index (χ3n) is 5.21. The summed E-state index contributed by atoms with van der Waals surface area (Å²) in [4.78, 5) is 38.9. The van der Waals surface area contributed by atoms with Crippen LogP contribution in [0.15, 0.2) is 39.9 Å². The Bertz CT molecular complexity index is 922. The van der Waals surface area contributed by atoms with E-state index in [1.165, 1.54) is 19.7 Å². The highest BCUT2D eigenvalue weighted by Gasteiger charge is 2.25. The molecule has 0 radical (unpaired) electrons. The number of carbonyl (C=O) groups is 1. The van der Waals surface area contributed by atoms with E-state index in [0.717, 1.165) is 35.1 Å². The number of nitrogens with zero attached hydrogens (tertiary/aromatic N) is 3. The first-order valence-electron chi connectivity index (χ1n) is 8.76. The second-order valence-electron chi connectivity index (χ2n) is 6.85. The second kappa shape index (κ2) is 7.29. The number of nitrogens with two attached hydrogens (primary N) is 1. The van der Waals surface area contributed by atoms with Gasteiger partial charge in [0, 0.05) is 14.1 Å². The van der Waals surface area contributed by atoms with Crippen molar-refractivity contribution in [2.45, 2.75) is 18.8 Å². The standard InChI is InChI=1S/C19H24N4O3/c1-21-17(20)16(18(25)22(2)19(21)26)15(24)12-23-10-8-14(9-11-23)13-6-4-3-5-7-13/h3-7,14H,8-12,20H2,1-2H3. The first-order valence-corrected chi connectivity index (χ1v) is 8.76. The predicted octanol–water partition coefficient (Wildman–Crippen LogP) is 0.728. The molecule has 138 valence electrons. The Labute approximate surface area is 151 Å². The lowest BCUT2D eigenvalue weighted by molar-refractivity contribution is 0.0907. The van der Waals surface area contributed by atoms with Crippen molar-refractivity contribution in [1.29, 1.82) is 0 Å². The highest BCUT2D eigenvalue weighted by Crippen LogP contribution is 2.27. The van der Waals surface area contributed by atoms with E-state index in [2.05, 4.69) is 12.1 Å². The van der Waals surface area contributed by atoms with E-state index >= 15 is 0 Å². The van der Waals surface area contributed by atoms with Crippen LogP contribution in [-0.2, 0) is 14.1 Å². The van der Waals surface area contributed by atoms with Crippen LogP contribution in [0.1, 0.15) is 34.7 Å². The number of anilines is 1. The Hall–Kier alpha value is -2.67. The van der Waals surface area contributed by atoms with E-state index in [1.807, 2.05) is 23.1 Å². The summed E-state index contributed by atoms with van der Waals surface area (Å²) in [6.07, 6.45) is 1.94. The van der Waals surface area contributed by atoms with Crippen LogP contribution in [0, 0.1) is 0 Å². The molecule has 7 nitrogen and oxygen atoms in total. The molecule has 1 saturated heterocycles. The summed E-state index contributed by atoms with van der Waals surface area (Å²) in [5.74, 6) is 0.0946. The minimum atomic E-state index is -0.630. The van der Waals surface area contributed by atoms with Crippen molar-refractivity contribution in [2.24, 2.45) is 14.1 Å². The van der Waals surface area contributed by atoms with Gasteiger partial charge in [0.05, 0.1) is 6.54 Å². The van der Waals surface area contributed by atoms with Gasteiger partial charge in [-0.1, -0.05) is 30.3 Å². The van der Waals surface area contributed by atoms with Crippen LogP contribution in [0.2, 0.25) is 0 Å². The SMILES string of the molecule is Cn1c(N)c(C(=O)CN2CCC(c3ccccc3)CC2)c(=O)n(C)c1=O. The Morgan fingerprint density at radius 2 is 1.69 bits per heavy atom. The van der Waals surface area contributed by atoms with Gasteiger partial charge in [-0.3, -0.25) is 23.6 Å². The Kier molecular flexibility index (Phi) is 5.08. The van der Waals surface area contributed by atoms with E-state index in [9.17, 15) is 14.4 Å². The van der Waals surface area contributed by atoms with E-state index in [4.69, 9.17) is 5.73 Å². The lowest BCUT2D eigenvalue weighted by Crippen LogP contribution is -2.44. The van der Waals surface area contributed by atoms with Crippen LogP contribution >= 0.6 is 0 Å². The van der Waals surface area contributed by atoms with Crippen molar-refractivity contribution < 1.29 is 4.79 Å². The molecule has 1 aliphatic heterocycles. The molecule has 0 amide bonds. The quantitative estimate of drug-likeness (QED) is 0.816. The summed E-state index contributed by atoms with van der Waals surface area (Å²) in [6.45, 7) is 1.72. The van der Waals surface area contributed by atoms with Gasteiger partial charge in [0.1, 0.15) is 11.4 Å². The molecule has 0 unspecified atom stereocenters. The maximum absolute atomic E-state index is 12.7. The van der Waals surface area contributed by atoms with Crippen LogP contribution in [0.3, 0.4) is 0 Å². The molecule has 1 fully saturated rings. The summed E-state index contributed by atoms with van der Waals surface area (Å²) < 4.78 is 2.06. The van der Waals surface area contributed by atoms with Crippen LogP contribution in [0.5, 0.6) is 0 Å². The van der Waals surface area contributed by atoms with Crippen molar-refractivity contribution >= 4 is 11.6 Å². The van der Waals surface area contributed by atoms with Gasteiger partial charge in [-0.05, 0) is 37.4 Å². The number of piperidine rings is 1. The summed E-state index contributed by atoms with van der Waals surface area (Å²) in [5.41, 5.74) is 5.93. The number of ketones is 1. The number of hydrogen-bond acceptors (Lipinski definition) is 5. The van der Waals surface area contributed by atoms with Crippen LogP contribution in [0.25, 0.3) is 0 Å². The van der Waals surface area contributed by atoms with Crippen LogP contribution in [-0.4, -0.2) is 39.5 Å². The van der Waals surface area contributed by atoms with E-state index < -0.39 is 11.2 Å². The number of aromatic nitrogens is 2. The largest absolute Gasteiger partial charge is 0.384 e. The molecule has 0 saturated carbocycles. The molecule has 2 heterocycles. The summed E-state index contributed by atoms with van der Waals surface area (Å²) in [6, 6.07) is 10.4. The van der Waals surface area contributed by atoms with E-state index in [-0.39, 0.29) is 23.7 Å². The maximum Gasteiger partial charge on any atom is 0.332 e. The summed E-state index contributed by atoms with van der Waals surface area (Å²) in [5, 5.41) is 0. The third-order valence-corrected chi connectivity index (χ3v) is 5.21. The number of benzene rings is 1. The third kappa shape index (κ3) is 3.35. The van der Waals surface area contributed by atoms with Crippen molar-refractivity contribution in [1.82, 2.24) is 14.0 Å². The lowest BCUT2D eigenvalue weighted by Gasteiger charge is -2.31. The monoisotopic (exact) mass is 356 g/mol.